The highest BCUT2D eigenvalue weighted by atomic mass is 32.2. The Balaban J connectivity index is 1.14. The van der Waals surface area contributed by atoms with E-state index >= 15 is 0 Å². The minimum atomic E-state index is -3.73. The minimum Gasteiger partial charge on any atom is -0.479 e. The van der Waals surface area contributed by atoms with Gasteiger partial charge in [0, 0.05) is 24.5 Å². The number of hydrogen-bond donors (Lipinski definition) is 3. The summed E-state index contributed by atoms with van der Waals surface area (Å²) in [6, 6.07) is 9.18. The van der Waals surface area contributed by atoms with Gasteiger partial charge in [-0.15, -0.1) is 0 Å². The molecule has 11 nitrogen and oxygen atoms in total. The fourth-order valence-corrected chi connectivity index (χ4v) is 6.92. The van der Waals surface area contributed by atoms with Crippen molar-refractivity contribution in [3.8, 4) is 11.3 Å². The molecule has 2 saturated carbocycles. The highest BCUT2D eigenvalue weighted by molar-refractivity contribution is 7.88. The molecule has 0 saturated heterocycles. The summed E-state index contributed by atoms with van der Waals surface area (Å²) in [5, 5.41) is 12.6. The first-order valence-electron chi connectivity index (χ1n) is 15.2. The number of amides is 1. The van der Waals surface area contributed by atoms with Gasteiger partial charge in [0.05, 0.1) is 44.4 Å². The predicted octanol–water partition coefficient (Wildman–Crippen LogP) is 4.34. The molecule has 0 bridgehead atoms. The summed E-state index contributed by atoms with van der Waals surface area (Å²) >= 11 is 0. The van der Waals surface area contributed by atoms with Crippen molar-refractivity contribution >= 4 is 32.9 Å². The largest absolute Gasteiger partial charge is 0.479 e. The molecule has 244 valence electrons. The number of halogens is 1. The molecule has 5 rings (SSSR count). The van der Waals surface area contributed by atoms with Gasteiger partial charge in [0.1, 0.15) is 17.2 Å². The lowest BCUT2D eigenvalue weighted by Gasteiger charge is -2.24. The van der Waals surface area contributed by atoms with Gasteiger partial charge >= 0.3 is 5.97 Å². The molecule has 3 N–H and O–H groups in total. The lowest BCUT2D eigenvalue weighted by molar-refractivity contribution is -0.167. The Morgan fingerprint density at radius 1 is 1.02 bits per heavy atom. The summed E-state index contributed by atoms with van der Waals surface area (Å²) in [7, 11) is -2.21. The van der Waals surface area contributed by atoms with Gasteiger partial charge in [-0.2, -0.15) is 0 Å². The number of sulfonamides is 1. The molecule has 2 aromatic carbocycles. The zero-order valence-electron chi connectivity index (χ0n) is 25.2. The highest BCUT2D eigenvalue weighted by Gasteiger charge is 2.42. The Labute approximate surface area is 261 Å². The van der Waals surface area contributed by atoms with Gasteiger partial charge in [-0.3, -0.25) is 4.79 Å². The maximum absolute atomic E-state index is 13.6. The average Bonchev–Trinajstić information content (AvgIpc) is 3.62. The second-order valence-corrected chi connectivity index (χ2v) is 13.3. The lowest BCUT2D eigenvalue weighted by atomic mass is 9.98. The Kier molecular flexibility index (Phi) is 10.6. The van der Waals surface area contributed by atoms with E-state index in [0.29, 0.717) is 40.5 Å². The molecule has 0 aliphatic heterocycles. The van der Waals surface area contributed by atoms with Gasteiger partial charge in [-0.05, 0) is 92.0 Å². The molecule has 1 heterocycles. The quantitative estimate of drug-likeness (QED) is 0.182. The number of aliphatic carboxylic acids is 1. The second-order valence-electron chi connectivity index (χ2n) is 11.4. The van der Waals surface area contributed by atoms with E-state index in [2.05, 4.69) is 10.0 Å². The molecular formula is C32H39FN2O9S. The number of benzene rings is 2. The van der Waals surface area contributed by atoms with Crippen LogP contribution in [0.15, 0.2) is 40.8 Å². The van der Waals surface area contributed by atoms with Crippen LogP contribution in [0.5, 0.6) is 0 Å². The van der Waals surface area contributed by atoms with E-state index in [0.717, 1.165) is 31.2 Å². The molecule has 3 aromatic rings. The molecule has 1 aromatic heterocycles. The fourth-order valence-electron chi connectivity index (χ4n) is 5.77. The Bertz CT molecular complexity index is 1610. The third-order valence-electron chi connectivity index (χ3n) is 8.22. The molecule has 13 heteroatoms. The van der Waals surface area contributed by atoms with E-state index in [1.807, 2.05) is 6.07 Å². The van der Waals surface area contributed by atoms with Crippen molar-refractivity contribution in [2.24, 2.45) is 0 Å². The zero-order chi connectivity index (χ0) is 32.0. The number of carbonyl (C=O) groups is 2. The van der Waals surface area contributed by atoms with E-state index in [9.17, 15) is 27.5 Å². The average molecular weight is 647 g/mol. The Hall–Kier alpha value is -3.36. The number of carboxylic acids is 1. The summed E-state index contributed by atoms with van der Waals surface area (Å²) in [5.74, 6) is -1.48. The van der Waals surface area contributed by atoms with Crippen molar-refractivity contribution in [1.82, 2.24) is 10.0 Å². The second kappa shape index (κ2) is 14.4. The van der Waals surface area contributed by atoms with Gasteiger partial charge in [-0.1, -0.05) is 0 Å². The molecule has 0 spiro atoms. The van der Waals surface area contributed by atoms with Crippen LogP contribution in [0.1, 0.15) is 65.9 Å². The molecule has 0 radical (unpaired) electrons. The number of hydrogen-bond acceptors (Lipinski definition) is 8. The first-order chi connectivity index (χ1) is 21.6. The van der Waals surface area contributed by atoms with Crippen LogP contribution >= 0.6 is 0 Å². The van der Waals surface area contributed by atoms with Gasteiger partial charge in [-0.25, -0.2) is 22.3 Å². The summed E-state index contributed by atoms with van der Waals surface area (Å²) in [4.78, 5) is 24.4. The Morgan fingerprint density at radius 3 is 2.33 bits per heavy atom. The van der Waals surface area contributed by atoms with E-state index in [1.54, 1.807) is 6.07 Å². The van der Waals surface area contributed by atoms with Crippen molar-refractivity contribution in [3.05, 3.63) is 58.9 Å². The molecule has 2 aliphatic carbocycles. The number of carbonyl (C=O) groups excluding carboxylic acids is 1. The standard InChI is InChI=1S/C32H39FN2O9S/c1-34-30(36)28-26-19-25(21-4-5-21)23(18-27(26)44-29(28)22-6-8-24(33)9-7-22)20-45(39,40)35-12-13-41-14-15-42-16-17-43-32(31(37)38)10-2-3-11-32/h6-9,18-19,21,35H,2-5,10-17,20H2,1H3,(H,34,36)(H,37,38). The molecule has 45 heavy (non-hydrogen) atoms. The number of fused-ring (bicyclic) bond motifs is 1. The van der Waals surface area contributed by atoms with Gasteiger partial charge in [0.25, 0.3) is 5.91 Å². The van der Waals surface area contributed by atoms with Crippen molar-refractivity contribution < 1.29 is 46.1 Å². The number of nitrogens with one attached hydrogen (secondary N) is 2. The zero-order valence-corrected chi connectivity index (χ0v) is 26.0. The van der Waals surface area contributed by atoms with Crippen molar-refractivity contribution in [1.29, 1.82) is 0 Å². The van der Waals surface area contributed by atoms with Crippen molar-refractivity contribution in [2.45, 2.75) is 55.8 Å². The van der Waals surface area contributed by atoms with Gasteiger partial charge in [0.2, 0.25) is 10.0 Å². The van der Waals surface area contributed by atoms with Gasteiger partial charge < -0.3 is 29.1 Å². The SMILES string of the molecule is CNC(=O)c1c(-c2ccc(F)cc2)oc2cc(CS(=O)(=O)NCCOCCOCCOC3(C(=O)O)CCCC3)c(C3CC3)cc12. The lowest BCUT2D eigenvalue weighted by Crippen LogP contribution is -2.39. The molecular weight excluding hydrogens is 607 g/mol. The topological polar surface area (TPSA) is 153 Å². The highest BCUT2D eigenvalue weighted by Crippen LogP contribution is 2.45. The molecule has 2 aliphatic rings. The van der Waals surface area contributed by atoms with E-state index in [4.69, 9.17) is 18.6 Å². The third kappa shape index (κ3) is 8.08. The Morgan fingerprint density at radius 2 is 1.69 bits per heavy atom. The summed E-state index contributed by atoms with van der Waals surface area (Å²) < 4.78 is 64.8. The fraction of sp³-hybridized carbons (Fsp3) is 0.500. The van der Waals surface area contributed by atoms with Crippen LogP contribution in [0.4, 0.5) is 4.39 Å². The van der Waals surface area contributed by atoms with E-state index in [1.165, 1.54) is 31.3 Å². The molecule has 1 amide bonds. The maximum atomic E-state index is 13.6. The molecule has 0 atom stereocenters. The number of furan rings is 1. The normalized spacial score (nSPS) is 16.3. The van der Waals surface area contributed by atoms with Crippen LogP contribution in [0, 0.1) is 5.82 Å². The monoisotopic (exact) mass is 646 g/mol. The number of rotatable bonds is 17. The first-order valence-corrected chi connectivity index (χ1v) is 16.9. The van der Waals surface area contributed by atoms with Crippen molar-refractivity contribution in [3.63, 3.8) is 0 Å². The van der Waals surface area contributed by atoms with Crippen LogP contribution in [-0.2, 0) is 34.8 Å². The maximum Gasteiger partial charge on any atom is 0.335 e. The van der Waals surface area contributed by atoms with Crippen LogP contribution in [0.3, 0.4) is 0 Å². The van der Waals surface area contributed by atoms with Crippen LogP contribution in [0.2, 0.25) is 0 Å². The molecule has 0 unspecified atom stereocenters. The summed E-state index contributed by atoms with van der Waals surface area (Å²) in [5.41, 5.74) is 1.59. The van der Waals surface area contributed by atoms with Crippen molar-refractivity contribution in [2.75, 3.05) is 46.6 Å². The summed E-state index contributed by atoms with van der Waals surface area (Å²) in [6.45, 7) is 1.15. The van der Waals surface area contributed by atoms with Crippen LogP contribution < -0.4 is 10.0 Å². The first kappa shape index (κ1) is 33.0. The third-order valence-corrected chi connectivity index (χ3v) is 9.56. The summed E-state index contributed by atoms with van der Waals surface area (Å²) in [6.07, 6.45) is 4.55. The smallest absolute Gasteiger partial charge is 0.335 e. The number of carboxylic acid groups (broad SMARTS) is 1. The molecule has 2 fully saturated rings. The van der Waals surface area contributed by atoms with Crippen LogP contribution in [-0.4, -0.2) is 77.6 Å². The van der Waals surface area contributed by atoms with E-state index in [-0.39, 0.29) is 62.9 Å². The van der Waals surface area contributed by atoms with E-state index < -0.39 is 27.4 Å². The van der Waals surface area contributed by atoms with Crippen LogP contribution in [0.25, 0.3) is 22.3 Å². The predicted molar refractivity (Wildman–Crippen MR) is 164 cm³/mol. The minimum absolute atomic E-state index is 0.0733. The number of ether oxygens (including phenoxy) is 3. The van der Waals surface area contributed by atoms with Gasteiger partial charge in [0.15, 0.2) is 5.60 Å².